The van der Waals surface area contributed by atoms with Crippen LogP contribution < -0.4 is 5.32 Å². The van der Waals surface area contributed by atoms with Crippen LogP contribution in [-0.4, -0.2) is 41.3 Å². The fourth-order valence-electron chi connectivity index (χ4n) is 1.70. The summed E-state index contributed by atoms with van der Waals surface area (Å²) in [4.78, 5) is 13.6. The number of halogens is 1. The van der Waals surface area contributed by atoms with Gasteiger partial charge in [-0.1, -0.05) is 15.9 Å². The Morgan fingerprint density at radius 3 is 2.50 bits per heavy atom. The third-order valence-electron chi connectivity index (χ3n) is 2.70. The molecule has 4 heteroatoms. The highest BCUT2D eigenvalue weighted by molar-refractivity contribution is 9.10. The number of hydrogen-bond acceptors (Lipinski definition) is 2. The van der Waals surface area contributed by atoms with Crippen molar-refractivity contribution in [2.45, 2.75) is 37.6 Å². The lowest BCUT2D eigenvalue weighted by molar-refractivity contribution is -0.120. The van der Waals surface area contributed by atoms with Crippen LogP contribution in [0.25, 0.3) is 0 Å². The van der Waals surface area contributed by atoms with E-state index in [4.69, 9.17) is 0 Å². The van der Waals surface area contributed by atoms with E-state index in [1.54, 1.807) is 0 Å². The van der Waals surface area contributed by atoms with Gasteiger partial charge in [0.1, 0.15) is 0 Å². The minimum Gasteiger partial charge on any atom is -0.354 e. The summed E-state index contributed by atoms with van der Waals surface area (Å²) in [7, 11) is 0. The Balaban J connectivity index is 2.20. The van der Waals surface area contributed by atoms with Crippen molar-refractivity contribution in [2.24, 2.45) is 0 Å². The number of amides is 1. The van der Waals surface area contributed by atoms with Gasteiger partial charge in [0.05, 0.1) is 4.83 Å². The Morgan fingerprint density at radius 2 is 2.00 bits per heavy atom. The van der Waals surface area contributed by atoms with Gasteiger partial charge in [-0.25, -0.2) is 0 Å². The zero-order valence-corrected chi connectivity index (χ0v) is 10.5. The van der Waals surface area contributed by atoms with Crippen molar-refractivity contribution < 1.29 is 4.79 Å². The van der Waals surface area contributed by atoms with Gasteiger partial charge < -0.3 is 5.32 Å². The van der Waals surface area contributed by atoms with Gasteiger partial charge in [0.25, 0.3) is 0 Å². The zero-order chi connectivity index (χ0) is 10.6. The largest absolute Gasteiger partial charge is 0.354 e. The van der Waals surface area contributed by atoms with Gasteiger partial charge in [-0.05, 0) is 39.8 Å². The highest BCUT2D eigenvalue weighted by atomic mass is 79.9. The van der Waals surface area contributed by atoms with Gasteiger partial charge in [0, 0.05) is 12.6 Å². The molecule has 14 heavy (non-hydrogen) atoms. The average Bonchev–Trinajstić information content (AvgIpc) is 2.66. The zero-order valence-electron chi connectivity index (χ0n) is 8.92. The average molecular weight is 263 g/mol. The molecule has 2 atom stereocenters. The van der Waals surface area contributed by atoms with E-state index in [1.807, 2.05) is 6.92 Å². The lowest BCUT2D eigenvalue weighted by Gasteiger charge is -2.24. The smallest absolute Gasteiger partial charge is 0.233 e. The van der Waals surface area contributed by atoms with E-state index < -0.39 is 0 Å². The van der Waals surface area contributed by atoms with Crippen molar-refractivity contribution in [1.82, 2.24) is 10.2 Å². The van der Waals surface area contributed by atoms with Crippen LogP contribution in [0.4, 0.5) is 0 Å². The van der Waals surface area contributed by atoms with Crippen LogP contribution in [0.2, 0.25) is 0 Å². The van der Waals surface area contributed by atoms with Crippen LogP contribution >= 0.6 is 15.9 Å². The van der Waals surface area contributed by atoms with E-state index in [1.165, 1.54) is 25.9 Å². The minimum atomic E-state index is -0.0896. The molecular formula is C10H19BrN2O. The van der Waals surface area contributed by atoms with E-state index in [9.17, 15) is 4.79 Å². The molecule has 0 bridgehead atoms. The Hall–Kier alpha value is -0.0900. The molecule has 0 aromatic rings. The maximum Gasteiger partial charge on any atom is 0.233 e. The first-order valence-corrected chi connectivity index (χ1v) is 6.18. The van der Waals surface area contributed by atoms with Crippen molar-refractivity contribution in [2.75, 3.05) is 19.6 Å². The Morgan fingerprint density at radius 1 is 1.43 bits per heavy atom. The molecule has 1 N–H and O–H groups in total. The molecule has 82 valence electrons. The second-order valence-corrected chi connectivity index (χ2v) is 5.33. The monoisotopic (exact) mass is 262 g/mol. The van der Waals surface area contributed by atoms with Crippen molar-refractivity contribution in [3.05, 3.63) is 0 Å². The van der Waals surface area contributed by atoms with Gasteiger partial charge in [-0.15, -0.1) is 0 Å². The Labute approximate surface area is 94.4 Å². The van der Waals surface area contributed by atoms with Gasteiger partial charge >= 0.3 is 0 Å². The SMILES string of the molecule is CC(Br)C(=O)NCC(C)N1CCCC1. The fourth-order valence-corrected chi connectivity index (χ4v) is 1.86. The topological polar surface area (TPSA) is 32.3 Å². The second-order valence-electron chi connectivity index (χ2n) is 3.95. The van der Waals surface area contributed by atoms with E-state index in [2.05, 4.69) is 33.1 Å². The Bertz CT molecular complexity index is 191. The number of nitrogens with one attached hydrogen (secondary N) is 1. The third kappa shape index (κ3) is 3.58. The van der Waals surface area contributed by atoms with Crippen molar-refractivity contribution in [3.8, 4) is 0 Å². The number of alkyl halides is 1. The van der Waals surface area contributed by atoms with Crippen LogP contribution in [0.1, 0.15) is 26.7 Å². The van der Waals surface area contributed by atoms with Crippen LogP contribution in [0.3, 0.4) is 0 Å². The molecule has 0 aromatic carbocycles. The minimum absolute atomic E-state index is 0.0797. The second kappa shape index (κ2) is 5.71. The van der Waals surface area contributed by atoms with Crippen LogP contribution in [0.5, 0.6) is 0 Å². The Kier molecular flexibility index (Phi) is 4.89. The summed E-state index contributed by atoms with van der Waals surface area (Å²) >= 11 is 3.25. The summed E-state index contributed by atoms with van der Waals surface area (Å²) in [6.07, 6.45) is 2.60. The number of hydrogen-bond donors (Lipinski definition) is 1. The molecule has 0 aliphatic carbocycles. The van der Waals surface area contributed by atoms with Gasteiger partial charge in [-0.2, -0.15) is 0 Å². The summed E-state index contributed by atoms with van der Waals surface area (Å²) in [5, 5.41) is 2.93. The molecule has 0 saturated carbocycles. The molecule has 1 heterocycles. The first kappa shape index (κ1) is 12.0. The van der Waals surface area contributed by atoms with E-state index >= 15 is 0 Å². The first-order valence-electron chi connectivity index (χ1n) is 5.27. The number of likely N-dealkylation sites (tertiary alicyclic amines) is 1. The molecule has 0 aromatic heterocycles. The summed E-state index contributed by atoms with van der Waals surface area (Å²) < 4.78 is 0. The van der Waals surface area contributed by atoms with Gasteiger partial charge in [-0.3, -0.25) is 9.69 Å². The summed E-state index contributed by atoms with van der Waals surface area (Å²) in [5.41, 5.74) is 0. The molecule has 1 amide bonds. The number of carbonyl (C=O) groups excluding carboxylic acids is 1. The quantitative estimate of drug-likeness (QED) is 0.777. The molecular weight excluding hydrogens is 244 g/mol. The fraction of sp³-hybridized carbons (Fsp3) is 0.900. The van der Waals surface area contributed by atoms with E-state index in [0.29, 0.717) is 6.04 Å². The van der Waals surface area contributed by atoms with Crippen molar-refractivity contribution >= 4 is 21.8 Å². The van der Waals surface area contributed by atoms with Crippen molar-refractivity contribution in [1.29, 1.82) is 0 Å². The van der Waals surface area contributed by atoms with E-state index in [-0.39, 0.29) is 10.7 Å². The molecule has 1 fully saturated rings. The molecule has 1 aliphatic rings. The molecule has 3 nitrogen and oxygen atoms in total. The predicted octanol–water partition coefficient (Wildman–Crippen LogP) is 1.37. The van der Waals surface area contributed by atoms with Gasteiger partial charge in [0.15, 0.2) is 0 Å². The van der Waals surface area contributed by atoms with Crippen molar-refractivity contribution in [3.63, 3.8) is 0 Å². The molecule has 1 aliphatic heterocycles. The lowest BCUT2D eigenvalue weighted by Crippen LogP contribution is -2.42. The lowest BCUT2D eigenvalue weighted by atomic mass is 10.3. The maximum atomic E-state index is 11.3. The van der Waals surface area contributed by atoms with E-state index in [0.717, 1.165) is 6.54 Å². The highest BCUT2D eigenvalue weighted by Crippen LogP contribution is 2.10. The number of rotatable bonds is 4. The molecule has 0 radical (unpaired) electrons. The summed E-state index contributed by atoms with van der Waals surface area (Å²) in [5.74, 6) is 0.0797. The first-order chi connectivity index (χ1) is 6.61. The summed E-state index contributed by atoms with van der Waals surface area (Å²) in [6, 6.07) is 0.465. The number of nitrogens with zero attached hydrogens (tertiary/aromatic N) is 1. The molecule has 2 unspecified atom stereocenters. The summed E-state index contributed by atoms with van der Waals surface area (Å²) in [6.45, 7) is 7.14. The molecule has 1 saturated heterocycles. The molecule has 1 rings (SSSR count). The van der Waals surface area contributed by atoms with Crippen LogP contribution in [0, 0.1) is 0 Å². The molecule has 0 spiro atoms. The standard InChI is InChI=1S/C10H19BrN2O/c1-8(13-5-3-4-6-13)7-12-10(14)9(2)11/h8-9H,3-7H2,1-2H3,(H,12,14). The number of carbonyl (C=O) groups is 1. The van der Waals surface area contributed by atoms with Crippen LogP contribution in [0.15, 0.2) is 0 Å². The third-order valence-corrected chi connectivity index (χ3v) is 3.11. The maximum absolute atomic E-state index is 11.3. The predicted molar refractivity (Wildman–Crippen MR) is 61.7 cm³/mol. The van der Waals surface area contributed by atoms with Gasteiger partial charge in [0.2, 0.25) is 5.91 Å². The van der Waals surface area contributed by atoms with Crippen LogP contribution in [-0.2, 0) is 4.79 Å². The normalized spacial score (nSPS) is 21.9. The highest BCUT2D eigenvalue weighted by Gasteiger charge is 2.18.